The molecule has 3 heterocycles. The van der Waals surface area contributed by atoms with Crippen LogP contribution in [0.4, 0.5) is 0 Å². The molecule has 0 N–H and O–H groups in total. The average molecular weight is 339 g/mol. The topological polar surface area (TPSA) is 84.2 Å². The number of fused-ring (bicyclic) bond motifs is 1. The van der Waals surface area contributed by atoms with Crippen molar-refractivity contribution in [2.45, 2.75) is 12.6 Å². The maximum absolute atomic E-state index is 5.79. The van der Waals surface area contributed by atoms with Crippen molar-refractivity contribution in [2.24, 2.45) is 0 Å². The van der Waals surface area contributed by atoms with Gasteiger partial charge in [-0.05, 0) is 5.56 Å². The lowest BCUT2D eigenvalue weighted by molar-refractivity contribution is 0.0638. The van der Waals surface area contributed by atoms with E-state index in [2.05, 4.69) is 32.4 Å². The molecule has 128 valence electrons. The first kappa shape index (κ1) is 15.5. The number of aromatic nitrogens is 5. The van der Waals surface area contributed by atoms with Crippen molar-refractivity contribution in [3.05, 3.63) is 47.8 Å². The molecule has 1 aliphatic rings. The minimum atomic E-state index is -0.0173. The third-order valence-electron chi connectivity index (χ3n) is 4.15. The van der Waals surface area contributed by atoms with E-state index in [0.29, 0.717) is 30.4 Å². The number of nitrogens with zero attached hydrogens (tertiary/aromatic N) is 5. The van der Waals surface area contributed by atoms with Crippen LogP contribution in [0.5, 0.6) is 11.9 Å². The quantitative estimate of drug-likeness (QED) is 0.717. The van der Waals surface area contributed by atoms with Gasteiger partial charge in [-0.3, -0.25) is 0 Å². The predicted octanol–water partition coefficient (Wildman–Crippen LogP) is 1.87. The zero-order chi connectivity index (χ0) is 17.2. The van der Waals surface area contributed by atoms with Crippen LogP contribution in [0.25, 0.3) is 11.3 Å². The lowest BCUT2D eigenvalue weighted by Gasteiger charge is -2.24. The summed E-state index contributed by atoms with van der Waals surface area (Å²) in [6, 6.07) is 10.3. The van der Waals surface area contributed by atoms with Gasteiger partial charge in [0.15, 0.2) is 0 Å². The Balaban J connectivity index is 1.79. The second-order valence-electron chi connectivity index (χ2n) is 5.55. The maximum atomic E-state index is 5.79. The van der Waals surface area contributed by atoms with Gasteiger partial charge in [-0.2, -0.15) is 4.98 Å². The van der Waals surface area contributed by atoms with Crippen molar-refractivity contribution >= 4 is 0 Å². The summed E-state index contributed by atoms with van der Waals surface area (Å²) < 4.78 is 18.1. The smallest absolute Gasteiger partial charge is 0.319 e. The molecule has 0 spiro atoms. The van der Waals surface area contributed by atoms with Crippen molar-refractivity contribution in [3.63, 3.8) is 0 Å². The van der Waals surface area contributed by atoms with Crippen LogP contribution in [0.1, 0.15) is 17.3 Å². The lowest BCUT2D eigenvalue weighted by atomic mass is 10.1. The molecule has 4 rings (SSSR count). The molecule has 1 aliphatic heterocycles. The molecule has 8 heteroatoms. The fourth-order valence-corrected chi connectivity index (χ4v) is 2.93. The molecule has 0 saturated carbocycles. The van der Waals surface area contributed by atoms with Gasteiger partial charge in [-0.15, -0.1) is 5.10 Å². The third-order valence-corrected chi connectivity index (χ3v) is 4.15. The van der Waals surface area contributed by atoms with Crippen LogP contribution in [0.2, 0.25) is 0 Å². The van der Waals surface area contributed by atoms with Gasteiger partial charge >= 0.3 is 6.01 Å². The molecule has 25 heavy (non-hydrogen) atoms. The Kier molecular flexibility index (Phi) is 4.02. The summed E-state index contributed by atoms with van der Waals surface area (Å²) in [7, 11) is 3.05. The molecule has 0 radical (unpaired) electrons. The van der Waals surface area contributed by atoms with Crippen molar-refractivity contribution in [1.29, 1.82) is 0 Å². The Hall–Kier alpha value is -3.00. The fraction of sp³-hybridized carbons (Fsp3) is 0.294. The summed E-state index contributed by atoms with van der Waals surface area (Å²) in [4.78, 5) is 8.38. The van der Waals surface area contributed by atoms with Gasteiger partial charge in [0.2, 0.25) is 5.88 Å². The molecule has 1 atom stereocenters. The zero-order valence-corrected chi connectivity index (χ0v) is 13.9. The fourth-order valence-electron chi connectivity index (χ4n) is 2.93. The number of methoxy groups -OCH3 is 2. The van der Waals surface area contributed by atoms with Crippen molar-refractivity contribution < 1.29 is 14.2 Å². The normalized spacial score (nSPS) is 16.3. The standard InChI is InChI=1S/C17H17N5O3/c1-23-16-12(8-18-17(19-16)24-2)15-14-10-25-9-13(22(14)21-20-15)11-6-4-3-5-7-11/h3-8,13H,9-10H2,1-2H3. The summed E-state index contributed by atoms with van der Waals surface area (Å²) in [5.74, 6) is 0.386. The maximum Gasteiger partial charge on any atom is 0.319 e. The summed E-state index contributed by atoms with van der Waals surface area (Å²) >= 11 is 0. The Morgan fingerprint density at radius 1 is 1.16 bits per heavy atom. The number of benzene rings is 1. The van der Waals surface area contributed by atoms with Crippen LogP contribution in [0.15, 0.2) is 36.5 Å². The van der Waals surface area contributed by atoms with Crippen molar-refractivity contribution in [3.8, 4) is 23.1 Å². The van der Waals surface area contributed by atoms with Crippen molar-refractivity contribution in [1.82, 2.24) is 25.0 Å². The van der Waals surface area contributed by atoms with E-state index in [1.54, 1.807) is 13.3 Å². The van der Waals surface area contributed by atoms with Gasteiger partial charge in [0.1, 0.15) is 11.7 Å². The van der Waals surface area contributed by atoms with E-state index in [0.717, 1.165) is 11.3 Å². The second-order valence-corrected chi connectivity index (χ2v) is 5.55. The van der Waals surface area contributed by atoms with E-state index in [1.807, 2.05) is 22.9 Å². The molecule has 0 saturated heterocycles. The van der Waals surface area contributed by atoms with Gasteiger partial charge in [-0.25, -0.2) is 9.67 Å². The van der Waals surface area contributed by atoms with Gasteiger partial charge in [0, 0.05) is 6.20 Å². The lowest BCUT2D eigenvalue weighted by Crippen LogP contribution is -2.25. The summed E-state index contributed by atoms with van der Waals surface area (Å²) in [6.45, 7) is 0.969. The van der Waals surface area contributed by atoms with Gasteiger partial charge < -0.3 is 14.2 Å². The first-order valence-electron chi connectivity index (χ1n) is 7.84. The van der Waals surface area contributed by atoms with Crippen LogP contribution in [-0.2, 0) is 11.3 Å². The molecule has 0 fully saturated rings. The number of hydrogen-bond acceptors (Lipinski definition) is 7. The third kappa shape index (κ3) is 2.70. The van der Waals surface area contributed by atoms with E-state index in [-0.39, 0.29) is 12.1 Å². The Morgan fingerprint density at radius 2 is 2.00 bits per heavy atom. The predicted molar refractivity (Wildman–Crippen MR) is 88.4 cm³/mol. The minimum Gasteiger partial charge on any atom is -0.480 e. The van der Waals surface area contributed by atoms with E-state index in [9.17, 15) is 0 Å². The largest absolute Gasteiger partial charge is 0.480 e. The molecule has 0 aliphatic carbocycles. The highest BCUT2D eigenvalue weighted by molar-refractivity contribution is 5.66. The number of hydrogen-bond donors (Lipinski definition) is 0. The van der Waals surface area contributed by atoms with Crippen LogP contribution in [0.3, 0.4) is 0 Å². The first-order chi connectivity index (χ1) is 12.3. The molecule has 0 bridgehead atoms. The second kappa shape index (κ2) is 6.48. The zero-order valence-electron chi connectivity index (χ0n) is 13.9. The highest BCUT2D eigenvalue weighted by atomic mass is 16.5. The number of ether oxygens (including phenoxy) is 3. The summed E-state index contributed by atoms with van der Waals surface area (Å²) in [6.07, 6.45) is 1.63. The van der Waals surface area contributed by atoms with E-state index < -0.39 is 0 Å². The molecule has 2 aromatic heterocycles. The first-order valence-corrected chi connectivity index (χ1v) is 7.84. The van der Waals surface area contributed by atoms with Crippen LogP contribution < -0.4 is 9.47 Å². The van der Waals surface area contributed by atoms with Crippen LogP contribution in [-0.4, -0.2) is 45.8 Å². The Labute approximate surface area is 144 Å². The highest BCUT2D eigenvalue weighted by Gasteiger charge is 2.28. The Morgan fingerprint density at radius 3 is 2.76 bits per heavy atom. The molecular formula is C17H17N5O3. The minimum absolute atomic E-state index is 0.0173. The van der Waals surface area contributed by atoms with E-state index in [1.165, 1.54) is 7.11 Å². The summed E-state index contributed by atoms with van der Waals surface area (Å²) in [5.41, 5.74) is 3.30. The number of rotatable bonds is 4. The molecular weight excluding hydrogens is 322 g/mol. The average Bonchev–Trinajstić information content (AvgIpc) is 3.12. The monoisotopic (exact) mass is 339 g/mol. The van der Waals surface area contributed by atoms with Crippen LogP contribution >= 0.6 is 0 Å². The molecule has 8 nitrogen and oxygen atoms in total. The summed E-state index contributed by atoms with van der Waals surface area (Å²) in [5, 5.41) is 8.69. The van der Waals surface area contributed by atoms with Gasteiger partial charge in [0.05, 0.1) is 38.7 Å². The van der Waals surface area contributed by atoms with Crippen LogP contribution in [0, 0.1) is 0 Å². The molecule has 1 aromatic carbocycles. The SMILES string of the molecule is COc1ncc(-c2nnn3c2COCC3c2ccccc2)c(OC)n1. The highest BCUT2D eigenvalue weighted by Crippen LogP contribution is 2.34. The van der Waals surface area contributed by atoms with Gasteiger partial charge in [0.25, 0.3) is 0 Å². The van der Waals surface area contributed by atoms with E-state index in [4.69, 9.17) is 14.2 Å². The van der Waals surface area contributed by atoms with Crippen molar-refractivity contribution in [2.75, 3.05) is 20.8 Å². The molecule has 0 amide bonds. The van der Waals surface area contributed by atoms with E-state index >= 15 is 0 Å². The molecule has 1 unspecified atom stereocenters. The Bertz CT molecular complexity index is 881. The van der Waals surface area contributed by atoms with Gasteiger partial charge in [-0.1, -0.05) is 35.5 Å². The molecule has 3 aromatic rings.